The Kier molecular flexibility index (Phi) is 3.99. The second kappa shape index (κ2) is 5.06. The average molecular weight is 292 g/mol. The number of hydrogen-bond donors (Lipinski definition) is 1. The van der Waals surface area contributed by atoms with E-state index in [1.54, 1.807) is 6.92 Å². The highest BCUT2D eigenvalue weighted by atomic mass is 79.9. The van der Waals surface area contributed by atoms with E-state index in [0.29, 0.717) is 10.9 Å². The van der Waals surface area contributed by atoms with Gasteiger partial charge in [-0.25, -0.2) is 0 Å². The first-order valence-electron chi connectivity index (χ1n) is 4.52. The van der Waals surface area contributed by atoms with Gasteiger partial charge in [0.2, 0.25) is 0 Å². The predicted octanol–water partition coefficient (Wildman–Crippen LogP) is 1.98. The molecule has 16 heavy (non-hydrogen) atoms. The van der Waals surface area contributed by atoms with Crippen LogP contribution in [-0.2, 0) is 4.79 Å². The molecule has 1 unspecified atom stereocenters. The maximum absolute atomic E-state index is 10.5. The molecule has 1 rings (SSSR count). The van der Waals surface area contributed by atoms with Crippen molar-refractivity contribution in [2.24, 2.45) is 0 Å². The quantitative estimate of drug-likeness (QED) is 0.661. The van der Waals surface area contributed by atoms with Gasteiger partial charge in [0.05, 0.1) is 17.3 Å². The van der Waals surface area contributed by atoms with Crippen molar-refractivity contribution < 1.29 is 14.8 Å². The molecule has 0 fully saturated rings. The Bertz CT molecular complexity index is 417. The third kappa shape index (κ3) is 3.02. The van der Waals surface area contributed by atoms with E-state index in [1.165, 1.54) is 10.9 Å². The van der Waals surface area contributed by atoms with Crippen LogP contribution in [0.5, 0.6) is 0 Å². The maximum Gasteiger partial charge on any atom is 0.404 e. The number of aromatic nitrogens is 2. The minimum absolute atomic E-state index is 0.00639. The maximum atomic E-state index is 10.5. The van der Waals surface area contributed by atoms with Gasteiger partial charge in [-0.15, -0.1) is 0 Å². The number of aliphatic carboxylic acids is 1. The molecule has 0 saturated carbocycles. The molecular formula is C8H10BrN3O4. The van der Waals surface area contributed by atoms with Crippen LogP contribution in [0.25, 0.3) is 0 Å². The summed E-state index contributed by atoms with van der Waals surface area (Å²) in [6.07, 6.45) is 1.86. The van der Waals surface area contributed by atoms with Crippen molar-refractivity contribution in [1.82, 2.24) is 9.78 Å². The normalized spacial score (nSPS) is 12.4. The molecule has 1 N–H and O–H groups in total. The highest BCUT2D eigenvalue weighted by molar-refractivity contribution is 9.10. The summed E-state index contributed by atoms with van der Waals surface area (Å²) in [6.45, 7) is 1.76. The summed E-state index contributed by atoms with van der Waals surface area (Å²) in [6, 6.07) is -0.193. The molecule has 1 heterocycles. The van der Waals surface area contributed by atoms with E-state index in [9.17, 15) is 14.9 Å². The summed E-state index contributed by atoms with van der Waals surface area (Å²) >= 11 is 3.02. The minimum atomic E-state index is -0.896. The summed E-state index contributed by atoms with van der Waals surface area (Å²) < 4.78 is 1.69. The van der Waals surface area contributed by atoms with Crippen molar-refractivity contribution in [3.63, 3.8) is 0 Å². The number of nitrogens with zero attached hydrogens (tertiary/aromatic N) is 3. The van der Waals surface area contributed by atoms with Gasteiger partial charge in [-0.1, -0.05) is 0 Å². The minimum Gasteiger partial charge on any atom is -0.481 e. The summed E-state index contributed by atoms with van der Waals surface area (Å²) in [7, 11) is 0. The highest BCUT2D eigenvalue weighted by Crippen LogP contribution is 2.25. The van der Waals surface area contributed by atoms with Gasteiger partial charge in [0, 0.05) is 6.42 Å². The number of carboxylic acid groups (broad SMARTS) is 1. The number of carboxylic acids is 1. The van der Waals surface area contributed by atoms with Crippen LogP contribution in [0, 0.1) is 10.1 Å². The number of nitro groups is 1. The largest absolute Gasteiger partial charge is 0.481 e. The van der Waals surface area contributed by atoms with Gasteiger partial charge in [0.25, 0.3) is 0 Å². The van der Waals surface area contributed by atoms with Crippen LogP contribution in [-0.4, -0.2) is 25.8 Å². The Morgan fingerprint density at radius 1 is 1.81 bits per heavy atom. The molecule has 0 saturated heterocycles. The standard InChI is InChI=1S/C8H10BrN3O4/c1-5(2-3-7(13)14)11-4-6(9)8(10-11)12(15)16/h4-5H,2-3H2,1H3,(H,13,14). The number of rotatable bonds is 5. The summed E-state index contributed by atoms with van der Waals surface area (Å²) in [5, 5.41) is 22.8. The van der Waals surface area contributed by atoms with Crippen LogP contribution in [0.15, 0.2) is 10.7 Å². The fourth-order valence-corrected chi connectivity index (χ4v) is 1.61. The zero-order valence-electron chi connectivity index (χ0n) is 8.46. The van der Waals surface area contributed by atoms with Crippen molar-refractivity contribution >= 4 is 27.7 Å². The van der Waals surface area contributed by atoms with Crippen molar-refractivity contribution in [1.29, 1.82) is 0 Å². The smallest absolute Gasteiger partial charge is 0.404 e. The zero-order chi connectivity index (χ0) is 12.3. The predicted molar refractivity (Wildman–Crippen MR) is 58.2 cm³/mol. The van der Waals surface area contributed by atoms with Crippen LogP contribution in [0.2, 0.25) is 0 Å². The molecule has 1 atom stereocenters. The monoisotopic (exact) mass is 291 g/mol. The Hall–Kier alpha value is -1.44. The van der Waals surface area contributed by atoms with Gasteiger partial charge < -0.3 is 15.2 Å². The Labute approximate surface area is 99.3 Å². The molecule has 0 aliphatic carbocycles. The first-order valence-corrected chi connectivity index (χ1v) is 5.32. The van der Waals surface area contributed by atoms with E-state index < -0.39 is 10.9 Å². The van der Waals surface area contributed by atoms with Crippen molar-refractivity contribution in [2.45, 2.75) is 25.8 Å². The summed E-state index contributed by atoms with van der Waals surface area (Å²) in [5.41, 5.74) is 0. The van der Waals surface area contributed by atoms with Gasteiger partial charge in [-0.2, -0.15) is 4.68 Å². The molecule has 0 radical (unpaired) electrons. The third-order valence-electron chi connectivity index (χ3n) is 2.07. The van der Waals surface area contributed by atoms with Gasteiger partial charge in [0.15, 0.2) is 0 Å². The van der Waals surface area contributed by atoms with E-state index >= 15 is 0 Å². The topological polar surface area (TPSA) is 98.3 Å². The van der Waals surface area contributed by atoms with E-state index in [1.807, 2.05) is 0 Å². The van der Waals surface area contributed by atoms with Crippen LogP contribution < -0.4 is 0 Å². The van der Waals surface area contributed by atoms with E-state index in [4.69, 9.17) is 5.11 Å². The van der Waals surface area contributed by atoms with Gasteiger partial charge in [-0.3, -0.25) is 4.79 Å². The molecule has 0 aliphatic rings. The van der Waals surface area contributed by atoms with Crippen LogP contribution >= 0.6 is 15.9 Å². The molecular weight excluding hydrogens is 282 g/mol. The Balaban J connectivity index is 2.76. The molecule has 1 aromatic heterocycles. The lowest BCUT2D eigenvalue weighted by Crippen LogP contribution is -2.08. The second-order valence-corrected chi connectivity index (χ2v) is 4.17. The lowest BCUT2D eigenvalue weighted by Gasteiger charge is -2.05. The fourth-order valence-electron chi connectivity index (χ4n) is 1.17. The first kappa shape index (κ1) is 12.6. The summed E-state index contributed by atoms with van der Waals surface area (Å²) in [5.74, 6) is -1.16. The third-order valence-corrected chi connectivity index (χ3v) is 2.63. The van der Waals surface area contributed by atoms with E-state index in [0.717, 1.165) is 0 Å². The molecule has 7 nitrogen and oxygen atoms in total. The van der Waals surface area contributed by atoms with Gasteiger partial charge in [0.1, 0.15) is 4.47 Å². The summed E-state index contributed by atoms with van der Waals surface area (Å²) in [4.78, 5) is 20.3. The number of halogens is 1. The molecule has 0 bridgehead atoms. The van der Waals surface area contributed by atoms with Gasteiger partial charge >= 0.3 is 11.8 Å². The van der Waals surface area contributed by atoms with Crippen LogP contribution in [0.3, 0.4) is 0 Å². The lowest BCUT2D eigenvalue weighted by molar-refractivity contribution is -0.390. The molecule has 0 aliphatic heterocycles. The lowest BCUT2D eigenvalue weighted by atomic mass is 10.2. The molecule has 0 aromatic carbocycles. The van der Waals surface area contributed by atoms with Crippen molar-refractivity contribution in [2.75, 3.05) is 0 Å². The molecule has 1 aromatic rings. The van der Waals surface area contributed by atoms with E-state index in [-0.39, 0.29) is 18.3 Å². The average Bonchev–Trinajstić information content (AvgIpc) is 2.56. The Morgan fingerprint density at radius 2 is 2.44 bits per heavy atom. The van der Waals surface area contributed by atoms with Crippen molar-refractivity contribution in [3.05, 3.63) is 20.8 Å². The Morgan fingerprint density at radius 3 is 2.88 bits per heavy atom. The SMILES string of the molecule is CC(CCC(=O)O)n1cc(Br)c([N+](=O)[O-])n1. The number of carbonyl (C=O) groups is 1. The fraction of sp³-hybridized carbons (Fsp3) is 0.500. The molecule has 0 spiro atoms. The van der Waals surface area contributed by atoms with Crippen molar-refractivity contribution in [3.8, 4) is 0 Å². The molecule has 0 amide bonds. The van der Waals surface area contributed by atoms with E-state index in [2.05, 4.69) is 21.0 Å². The number of hydrogen-bond acceptors (Lipinski definition) is 4. The molecule has 8 heteroatoms. The first-order chi connectivity index (χ1) is 7.41. The second-order valence-electron chi connectivity index (χ2n) is 3.32. The highest BCUT2D eigenvalue weighted by Gasteiger charge is 2.21. The molecule has 88 valence electrons. The van der Waals surface area contributed by atoms with Crippen LogP contribution in [0.1, 0.15) is 25.8 Å². The zero-order valence-corrected chi connectivity index (χ0v) is 10.0. The van der Waals surface area contributed by atoms with Crippen LogP contribution in [0.4, 0.5) is 5.82 Å². The van der Waals surface area contributed by atoms with Gasteiger partial charge in [-0.05, 0) is 34.2 Å².